The minimum absolute atomic E-state index is 0.315. The lowest BCUT2D eigenvalue weighted by atomic mass is 10.1. The van der Waals surface area contributed by atoms with Crippen LogP contribution in [0.4, 0.5) is 0 Å². The molecule has 0 aliphatic carbocycles. The van der Waals surface area contributed by atoms with Crippen LogP contribution < -0.4 is 22.1 Å². The quantitative estimate of drug-likeness (QED) is 0.163. The van der Waals surface area contributed by atoms with Crippen molar-refractivity contribution in [2.45, 2.75) is 62.7 Å². The highest BCUT2D eigenvalue weighted by atomic mass is 32.2. The van der Waals surface area contributed by atoms with Gasteiger partial charge in [-0.15, -0.1) is 0 Å². The summed E-state index contributed by atoms with van der Waals surface area (Å²) in [7, 11) is 0. The molecule has 178 valence electrons. The standard InChI is InChI=1S/C19H35N5O6S/c1-31-10-7-12(21)16(26)22-13(5-2-3-8-20)18(28)24-9-4-6-15(24)17(27)23-14(11-25)19(29)30/h12-15,25H,2-11,20-21H2,1H3,(H,22,26)(H,23,27)(H,29,30). The molecule has 4 atom stereocenters. The fraction of sp³-hybridized carbons (Fsp3) is 0.789. The van der Waals surface area contributed by atoms with Gasteiger partial charge < -0.3 is 37.2 Å². The summed E-state index contributed by atoms with van der Waals surface area (Å²) in [5, 5.41) is 23.2. The van der Waals surface area contributed by atoms with Gasteiger partial charge in [0.1, 0.15) is 18.1 Å². The monoisotopic (exact) mass is 461 g/mol. The van der Waals surface area contributed by atoms with E-state index in [1.165, 1.54) is 4.90 Å². The van der Waals surface area contributed by atoms with Gasteiger partial charge in [-0.25, -0.2) is 4.79 Å². The van der Waals surface area contributed by atoms with Crippen molar-refractivity contribution in [1.29, 1.82) is 0 Å². The summed E-state index contributed by atoms with van der Waals surface area (Å²) in [5.74, 6) is -2.12. The van der Waals surface area contributed by atoms with Gasteiger partial charge in [0.15, 0.2) is 0 Å². The number of carboxylic acid groups (broad SMARTS) is 1. The molecule has 1 aliphatic heterocycles. The molecule has 0 spiro atoms. The van der Waals surface area contributed by atoms with Crippen LogP contribution in [0.25, 0.3) is 0 Å². The van der Waals surface area contributed by atoms with Gasteiger partial charge in [-0.1, -0.05) is 0 Å². The van der Waals surface area contributed by atoms with E-state index in [0.717, 1.165) is 0 Å². The van der Waals surface area contributed by atoms with Crippen LogP contribution >= 0.6 is 11.8 Å². The third-order valence-corrected chi connectivity index (χ3v) is 5.81. The van der Waals surface area contributed by atoms with E-state index in [2.05, 4.69) is 10.6 Å². The molecule has 1 aliphatic rings. The fourth-order valence-corrected chi connectivity index (χ4v) is 3.85. The number of nitrogens with two attached hydrogens (primary N) is 2. The van der Waals surface area contributed by atoms with Gasteiger partial charge in [0, 0.05) is 6.54 Å². The minimum atomic E-state index is -1.44. The van der Waals surface area contributed by atoms with Gasteiger partial charge in [-0.2, -0.15) is 11.8 Å². The Labute approximate surface area is 186 Å². The molecule has 1 fully saturated rings. The Bertz CT molecular complexity index is 623. The lowest BCUT2D eigenvalue weighted by Crippen LogP contribution is -2.57. The first-order valence-corrected chi connectivity index (χ1v) is 11.9. The van der Waals surface area contributed by atoms with Crippen molar-refractivity contribution in [3.8, 4) is 0 Å². The van der Waals surface area contributed by atoms with Crippen LogP contribution in [0.2, 0.25) is 0 Å². The Morgan fingerprint density at radius 3 is 2.45 bits per heavy atom. The molecule has 31 heavy (non-hydrogen) atoms. The number of hydrogen-bond donors (Lipinski definition) is 6. The zero-order chi connectivity index (χ0) is 23.4. The van der Waals surface area contributed by atoms with Crippen molar-refractivity contribution in [2.75, 3.05) is 31.7 Å². The lowest BCUT2D eigenvalue weighted by Gasteiger charge is -2.30. The number of aliphatic carboxylic acids is 1. The average molecular weight is 462 g/mol. The minimum Gasteiger partial charge on any atom is -0.480 e. The molecule has 8 N–H and O–H groups in total. The van der Waals surface area contributed by atoms with Crippen molar-refractivity contribution in [2.24, 2.45) is 11.5 Å². The fourth-order valence-electron chi connectivity index (χ4n) is 3.36. The first-order valence-electron chi connectivity index (χ1n) is 10.5. The number of amides is 3. The summed E-state index contributed by atoms with van der Waals surface area (Å²) in [6.07, 6.45) is 4.97. The molecule has 4 unspecified atom stereocenters. The number of carbonyl (C=O) groups excluding carboxylic acids is 3. The second-order valence-corrected chi connectivity index (χ2v) is 8.49. The van der Waals surface area contributed by atoms with Crippen molar-refractivity contribution in [3.63, 3.8) is 0 Å². The van der Waals surface area contributed by atoms with Gasteiger partial charge >= 0.3 is 5.97 Å². The van der Waals surface area contributed by atoms with Gasteiger partial charge in [-0.3, -0.25) is 14.4 Å². The summed E-state index contributed by atoms with van der Waals surface area (Å²) in [5.41, 5.74) is 11.5. The van der Waals surface area contributed by atoms with Gasteiger partial charge in [0.2, 0.25) is 17.7 Å². The Morgan fingerprint density at radius 1 is 1.16 bits per heavy atom. The largest absolute Gasteiger partial charge is 0.480 e. The molecule has 0 saturated carbocycles. The second kappa shape index (κ2) is 14.2. The van der Waals surface area contributed by atoms with Crippen molar-refractivity contribution < 1.29 is 29.4 Å². The molecule has 1 heterocycles. The van der Waals surface area contributed by atoms with Crippen LogP contribution in [-0.4, -0.2) is 94.7 Å². The second-order valence-electron chi connectivity index (χ2n) is 7.51. The van der Waals surface area contributed by atoms with Crippen LogP contribution in [0, 0.1) is 0 Å². The molecular weight excluding hydrogens is 426 g/mol. The predicted octanol–water partition coefficient (Wildman–Crippen LogP) is -1.77. The molecule has 3 amide bonds. The molecule has 0 bridgehead atoms. The number of nitrogens with zero attached hydrogens (tertiary/aromatic N) is 1. The van der Waals surface area contributed by atoms with Gasteiger partial charge in [0.25, 0.3) is 0 Å². The molecular formula is C19H35N5O6S. The summed E-state index contributed by atoms with van der Waals surface area (Å²) in [6, 6.07) is -3.89. The third-order valence-electron chi connectivity index (χ3n) is 5.17. The van der Waals surface area contributed by atoms with Gasteiger partial charge in [0.05, 0.1) is 12.6 Å². The number of unbranched alkanes of at least 4 members (excludes halogenated alkanes) is 1. The van der Waals surface area contributed by atoms with E-state index in [4.69, 9.17) is 21.7 Å². The average Bonchev–Trinajstić information content (AvgIpc) is 3.24. The highest BCUT2D eigenvalue weighted by molar-refractivity contribution is 7.98. The van der Waals surface area contributed by atoms with Crippen LogP contribution in [0.1, 0.15) is 38.5 Å². The Hall–Kier alpha value is -1.89. The Balaban J connectivity index is 2.88. The predicted molar refractivity (Wildman–Crippen MR) is 117 cm³/mol. The molecule has 0 radical (unpaired) electrons. The van der Waals surface area contributed by atoms with Crippen LogP contribution in [0.15, 0.2) is 0 Å². The number of aliphatic hydroxyl groups is 1. The van der Waals surface area contributed by atoms with Crippen molar-refractivity contribution in [1.82, 2.24) is 15.5 Å². The third kappa shape index (κ3) is 8.63. The van der Waals surface area contributed by atoms with Gasteiger partial charge in [-0.05, 0) is 57.1 Å². The summed E-state index contributed by atoms with van der Waals surface area (Å²) in [6.45, 7) is 0.0115. The van der Waals surface area contributed by atoms with E-state index in [0.29, 0.717) is 57.4 Å². The molecule has 0 aromatic rings. The Kier molecular flexibility index (Phi) is 12.5. The maximum atomic E-state index is 13.2. The highest BCUT2D eigenvalue weighted by Crippen LogP contribution is 2.20. The number of rotatable bonds is 14. The van der Waals surface area contributed by atoms with Crippen molar-refractivity contribution >= 4 is 35.5 Å². The van der Waals surface area contributed by atoms with Crippen LogP contribution in [-0.2, 0) is 19.2 Å². The normalized spacial score (nSPS) is 18.8. The molecule has 0 aromatic carbocycles. The maximum absolute atomic E-state index is 13.2. The lowest BCUT2D eigenvalue weighted by molar-refractivity contribution is -0.145. The summed E-state index contributed by atoms with van der Waals surface area (Å²) >= 11 is 1.57. The molecule has 1 rings (SSSR count). The van der Waals surface area contributed by atoms with Crippen molar-refractivity contribution in [3.05, 3.63) is 0 Å². The smallest absolute Gasteiger partial charge is 0.328 e. The van der Waals surface area contributed by atoms with E-state index in [9.17, 15) is 19.2 Å². The number of likely N-dealkylation sites (tertiary alicyclic amines) is 1. The number of carboxylic acids is 1. The zero-order valence-electron chi connectivity index (χ0n) is 17.9. The zero-order valence-corrected chi connectivity index (χ0v) is 18.7. The van der Waals surface area contributed by atoms with E-state index < -0.39 is 54.5 Å². The SMILES string of the molecule is CSCCC(N)C(=O)NC(CCCCN)C(=O)N1CCCC1C(=O)NC(CO)C(=O)O. The number of carbonyl (C=O) groups is 4. The maximum Gasteiger partial charge on any atom is 0.328 e. The first kappa shape index (κ1) is 27.1. The molecule has 1 saturated heterocycles. The molecule has 12 heteroatoms. The summed E-state index contributed by atoms with van der Waals surface area (Å²) < 4.78 is 0. The van der Waals surface area contributed by atoms with E-state index in [1.807, 2.05) is 6.26 Å². The number of thioether (sulfide) groups is 1. The van der Waals surface area contributed by atoms with E-state index >= 15 is 0 Å². The number of hydrogen-bond acceptors (Lipinski definition) is 8. The summed E-state index contributed by atoms with van der Waals surface area (Å²) in [4.78, 5) is 50.7. The topological polar surface area (TPSA) is 188 Å². The molecule has 11 nitrogen and oxygen atoms in total. The number of aliphatic hydroxyl groups excluding tert-OH is 1. The van der Waals surface area contributed by atoms with E-state index in [1.54, 1.807) is 11.8 Å². The molecule has 0 aromatic heterocycles. The van der Waals surface area contributed by atoms with Crippen LogP contribution in [0.5, 0.6) is 0 Å². The number of nitrogens with one attached hydrogen (secondary N) is 2. The van der Waals surface area contributed by atoms with E-state index in [-0.39, 0.29) is 0 Å². The Morgan fingerprint density at radius 2 is 1.87 bits per heavy atom. The highest BCUT2D eigenvalue weighted by Gasteiger charge is 2.38. The van der Waals surface area contributed by atoms with Crippen LogP contribution in [0.3, 0.4) is 0 Å². The first-order chi connectivity index (χ1) is 14.8.